The van der Waals surface area contributed by atoms with Crippen LogP contribution in [0.3, 0.4) is 0 Å². The molecule has 0 saturated heterocycles. The first-order chi connectivity index (χ1) is 8.20. The zero-order chi connectivity index (χ0) is 12.3. The summed E-state index contributed by atoms with van der Waals surface area (Å²) in [4.78, 5) is 12.6. The van der Waals surface area contributed by atoms with Crippen molar-refractivity contribution in [3.05, 3.63) is 22.4 Å². The van der Waals surface area contributed by atoms with Gasteiger partial charge in [0.05, 0.1) is 10.3 Å². The highest BCUT2D eigenvalue weighted by atomic mass is 35.5. The maximum absolute atomic E-state index is 11.9. The van der Waals surface area contributed by atoms with E-state index in [1.807, 2.05) is 17.5 Å². The van der Waals surface area contributed by atoms with Gasteiger partial charge >= 0.3 is 0 Å². The first-order valence-corrected chi connectivity index (χ1v) is 7.73. The molecule has 17 heavy (non-hydrogen) atoms. The van der Waals surface area contributed by atoms with Crippen LogP contribution in [0.1, 0.15) is 29.4 Å². The van der Waals surface area contributed by atoms with E-state index in [0.29, 0.717) is 6.54 Å². The van der Waals surface area contributed by atoms with Crippen LogP contribution >= 0.6 is 34.3 Å². The maximum Gasteiger partial charge on any atom is 0.261 e. The SMILES string of the molecule is CCCC(Cl)CNC(=O)c1cc2sccc2s1. The summed E-state index contributed by atoms with van der Waals surface area (Å²) in [5, 5.41) is 4.95. The van der Waals surface area contributed by atoms with Crippen LogP contribution in [0.25, 0.3) is 9.40 Å². The number of rotatable bonds is 5. The number of hydrogen-bond donors (Lipinski definition) is 1. The Morgan fingerprint density at radius 2 is 2.35 bits per heavy atom. The molecule has 2 rings (SSSR count). The molecule has 5 heteroatoms. The van der Waals surface area contributed by atoms with Crippen molar-refractivity contribution in [1.82, 2.24) is 5.32 Å². The molecule has 92 valence electrons. The zero-order valence-electron chi connectivity index (χ0n) is 9.53. The standard InChI is InChI=1S/C12H14ClNOS2/c1-2-3-8(13)7-14-12(15)11-6-10-9(17-11)4-5-16-10/h4-6,8H,2-3,7H2,1H3,(H,14,15). The third-order valence-electron chi connectivity index (χ3n) is 2.45. The quantitative estimate of drug-likeness (QED) is 0.824. The van der Waals surface area contributed by atoms with Crippen LogP contribution in [-0.2, 0) is 0 Å². The van der Waals surface area contributed by atoms with Crippen molar-refractivity contribution in [3.8, 4) is 0 Å². The number of carbonyl (C=O) groups is 1. The van der Waals surface area contributed by atoms with Gasteiger partial charge in [0.25, 0.3) is 5.91 Å². The Morgan fingerprint density at radius 3 is 3.06 bits per heavy atom. The Kier molecular flexibility index (Phi) is 4.42. The Morgan fingerprint density at radius 1 is 1.53 bits per heavy atom. The maximum atomic E-state index is 11.9. The average molecular weight is 288 g/mol. The van der Waals surface area contributed by atoms with E-state index >= 15 is 0 Å². The van der Waals surface area contributed by atoms with E-state index in [2.05, 4.69) is 12.2 Å². The minimum Gasteiger partial charge on any atom is -0.350 e. The van der Waals surface area contributed by atoms with Gasteiger partial charge in [-0.3, -0.25) is 4.79 Å². The first-order valence-electron chi connectivity index (χ1n) is 5.60. The van der Waals surface area contributed by atoms with Gasteiger partial charge < -0.3 is 5.32 Å². The van der Waals surface area contributed by atoms with E-state index < -0.39 is 0 Å². The highest BCUT2D eigenvalue weighted by molar-refractivity contribution is 7.27. The Bertz CT molecular complexity index is 477. The molecule has 0 radical (unpaired) electrons. The second kappa shape index (κ2) is 5.85. The predicted octanol–water partition coefficient (Wildman–Crippen LogP) is 4.10. The summed E-state index contributed by atoms with van der Waals surface area (Å²) in [6.45, 7) is 2.63. The predicted molar refractivity (Wildman–Crippen MR) is 76.6 cm³/mol. The summed E-state index contributed by atoms with van der Waals surface area (Å²) >= 11 is 9.26. The number of hydrogen-bond acceptors (Lipinski definition) is 3. The van der Waals surface area contributed by atoms with Gasteiger partial charge in [-0.25, -0.2) is 0 Å². The van der Waals surface area contributed by atoms with Crippen LogP contribution in [0.5, 0.6) is 0 Å². The molecule has 2 nitrogen and oxygen atoms in total. The Balaban J connectivity index is 1.94. The van der Waals surface area contributed by atoms with E-state index in [4.69, 9.17) is 11.6 Å². The molecule has 0 aliphatic rings. The molecular weight excluding hydrogens is 274 g/mol. The van der Waals surface area contributed by atoms with Crippen molar-refractivity contribution in [2.75, 3.05) is 6.54 Å². The van der Waals surface area contributed by atoms with E-state index in [9.17, 15) is 4.79 Å². The van der Waals surface area contributed by atoms with Gasteiger partial charge in [-0.2, -0.15) is 0 Å². The molecule has 0 aliphatic carbocycles. The summed E-state index contributed by atoms with van der Waals surface area (Å²) in [6, 6.07) is 3.99. The minimum atomic E-state index is -0.0137. The fraction of sp³-hybridized carbons (Fsp3) is 0.417. The number of nitrogens with one attached hydrogen (secondary N) is 1. The lowest BCUT2D eigenvalue weighted by Crippen LogP contribution is -2.29. The Hall–Kier alpha value is -0.580. The van der Waals surface area contributed by atoms with Crippen molar-refractivity contribution >= 4 is 49.6 Å². The first kappa shape index (κ1) is 12.9. The van der Waals surface area contributed by atoms with Crippen molar-refractivity contribution in [3.63, 3.8) is 0 Å². The minimum absolute atomic E-state index is 0.0137. The monoisotopic (exact) mass is 287 g/mol. The fourth-order valence-corrected chi connectivity index (χ4v) is 3.90. The normalized spacial score (nSPS) is 12.8. The number of thiophene rings is 2. The molecule has 2 aromatic heterocycles. The van der Waals surface area contributed by atoms with Gasteiger partial charge in [-0.05, 0) is 23.9 Å². The van der Waals surface area contributed by atoms with Gasteiger partial charge in [0, 0.05) is 15.9 Å². The number of halogens is 1. The summed E-state index contributed by atoms with van der Waals surface area (Å²) in [5.74, 6) is -0.0137. The van der Waals surface area contributed by atoms with Crippen molar-refractivity contribution in [2.24, 2.45) is 0 Å². The molecule has 0 aromatic carbocycles. The lowest BCUT2D eigenvalue weighted by molar-refractivity contribution is 0.0957. The van der Waals surface area contributed by atoms with Gasteiger partial charge in [-0.1, -0.05) is 13.3 Å². The van der Waals surface area contributed by atoms with Crippen LogP contribution in [0.2, 0.25) is 0 Å². The second-order valence-electron chi connectivity index (χ2n) is 3.86. The summed E-state index contributed by atoms with van der Waals surface area (Å²) < 4.78 is 2.35. The zero-order valence-corrected chi connectivity index (χ0v) is 11.9. The highest BCUT2D eigenvalue weighted by Crippen LogP contribution is 2.29. The number of amides is 1. The summed E-state index contributed by atoms with van der Waals surface area (Å²) in [5.41, 5.74) is 0. The van der Waals surface area contributed by atoms with Gasteiger partial charge in [0.1, 0.15) is 0 Å². The third-order valence-corrected chi connectivity index (χ3v) is 4.91. The lowest BCUT2D eigenvalue weighted by Gasteiger charge is -2.08. The molecule has 0 saturated carbocycles. The van der Waals surface area contributed by atoms with Crippen LogP contribution in [-0.4, -0.2) is 17.8 Å². The molecule has 2 heterocycles. The molecule has 0 bridgehead atoms. The van der Waals surface area contributed by atoms with Crippen LogP contribution < -0.4 is 5.32 Å². The second-order valence-corrected chi connectivity index (χ2v) is 6.50. The average Bonchev–Trinajstić information content (AvgIpc) is 2.86. The van der Waals surface area contributed by atoms with Crippen LogP contribution in [0.4, 0.5) is 0 Å². The molecule has 0 spiro atoms. The molecule has 1 N–H and O–H groups in total. The molecule has 1 unspecified atom stereocenters. The molecular formula is C12H14ClNOS2. The Labute approximate surface area is 114 Å². The van der Waals surface area contributed by atoms with E-state index in [1.54, 1.807) is 11.3 Å². The van der Waals surface area contributed by atoms with Gasteiger partial charge in [-0.15, -0.1) is 34.3 Å². The number of fused-ring (bicyclic) bond motifs is 1. The highest BCUT2D eigenvalue weighted by Gasteiger charge is 2.12. The molecule has 2 aromatic rings. The summed E-state index contributed by atoms with van der Waals surface area (Å²) in [6.07, 6.45) is 1.97. The third kappa shape index (κ3) is 3.21. The number of carbonyl (C=O) groups excluding carboxylic acids is 1. The van der Waals surface area contributed by atoms with Crippen LogP contribution in [0.15, 0.2) is 17.5 Å². The smallest absolute Gasteiger partial charge is 0.261 e. The van der Waals surface area contributed by atoms with Gasteiger partial charge in [0.2, 0.25) is 0 Å². The number of alkyl halides is 1. The van der Waals surface area contributed by atoms with E-state index in [1.165, 1.54) is 20.7 Å². The van der Waals surface area contributed by atoms with Gasteiger partial charge in [0.15, 0.2) is 0 Å². The van der Waals surface area contributed by atoms with Crippen molar-refractivity contribution in [1.29, 1.82) is 0 Å². The molecule has 1 amide bonds. The van der Waals surface area contributed by atoms with Crippen LogP contribution in [0, 0.1) is 0 Å². The fourth-order valence-electron chi connectivity index (χ4n) is 1.58. The van der Waals surface area contributed by atoms with E-state index in [-0.39, 0.29) is 11.3 Å². The van der Waals surface area contributed by atoms with E-state index in [0.717, 1.165) is 17.7 Å². The lowest BCUT2D eigenvalue weighted by atomic mass is 10.2. The van der Waals surface area contributed by atoms with Crippen molar-refractivity contribution in [2.45, 2.75) is 25.1 Å². The molecule has 1 atom stereocenters. The largest absolute Gasteiger partial charge is 0.350 e. The van der Waals surface area contributed by atoms with Crippen molar-refractivity contribution < 1.29 is 4.79 Å². The molecule has 0 aliphatic heterocycles. The molecule has 0 fully saturated rings. The summed E-state index contributed by atoms with van der Waals surface area (Å²) in [7, 11) is 0. The topological polar surface area (TPSA) is 29.1 Å².